The Labute approximate surface area is 87.6 Å². The lowest BCUT2D eigenvalue weighted by Crippen LogP contribution is -1.89. The van der Waals surface area contributed by atoms with E-state index in [-0.39, 0.29) is 0 Å². The minimum Gasteiger partial charge on any atom is -0.462 e. The number of carbonyl (C=O) groups is 1. The summed E-state index contributed by atoms with van der Waals surface area (Å²) in [4.78, 5) is 10.9. The maximum atomic E-state index is 9.92. The molecule has 0 bridgehead atoms. The maximum absolute atomic E-state index is 9.92. The van der Waals surface area contributed by atoms with Gasteiger partial charge in [0.05, 0.1) is 4.34 Å². The Kier molecular flexibility index (Phi) is 4.05. The first-order valence-corrected chi connectivity index (χ1v) is 5.47. The number of hydrogen-bond donors (Lipinski definition) is 0. The highest BCUT2D eigenvalue weighted by Gasteiger charge is 2.06. The lowest BCUT2D eigenvalue weighted by Gasteiger charge is -1.96. The van der Waals surface area contributed by atoms with Gasteiger partial charge in [0.25, 0.3) is 6.47 Å². The lowest BCUT2D eigenvalue weighted by molar-refractivity contribution is -0.129. The van der Waals surface area contributed by atoms with Gasteiger partial charge in [-0.25, -0.2) is 0 Å². The molecule has 1 aromatic rings. The van der Waals surface area contributed by atoms with Crippen molar-refractivity contribution >= 4 is 45.3 Å². The molecule has 0 radical (unpaired) electrons. The zero-order valence-electron chi connectivity index (χ0n) is 6.05. The second-order valence-corrected chi connectivity index (χ2v) is 4.37. The topological polar surface area (TPSA) is 26.3 Å². The van der Waals surface area contributed by atoms with Gasteiger partial charge in [0.1, 0.15) is 6.61 Å². The van der Waals surface area contributed by atoms with Crippen molar-refractivity contribution in [2.45, 2.75) is 11.9 Å². The number of ether oxygens (including phenoxy) is 1. The van der Waals surface area contributed by atoms with Gasteiger partial charge >= 0.3 is 0 Å². The number of carbonyl (C=O) groups excluding carboxylic acids is 1. The van der Waals surface area contributed by atoms with E-state index in [1.54, 1.807) is 0 Å². The minimum atomic E-state index is 0.307. The summed E-state index contributed by atoms with van der Waals surface area (Å²) < 4.78 is 5.34. The lowest BCUT2D eigenvalue weighted by atomic mass is 10.3. The van der Waals surface area contributed by atoms with Gasteiger partial charge in [-0.1, -0.05) is 27.5 Å². The zero-order chi connectivity index (χ0) is 8.97. The first-order chi connectivity index (χ1) is 5.77. The smallest absolute Gasteiger partial charge is 0.293 e. The quantitative estimate of drug-likeness (QED) is 0.620. The first-order valence-electron chi connectivity index (χ1n) is 3.16. The summed E-state index contributed by atoms with van der Waals surface area (Å²) >= 11 is 10.5. The molecule has 0 spiro atoms. The van der Waals surface area contributed by atoms with E-state index in [2.05, 4.69) is 20.7 Å². The molecule has 0 amide bonds. The summed E-state index contributed by atoms with van der Waals surface area (Å²) in [5.41, 5.74) is 1.08. The van der Waals surface area contributed by atoms with Gasteiger partial charge in [0, 0.05) is 10.2 Å². The molecule has 0 aliphatic heterocycles. The largest absolute Gasteiger partial charge is 0.462 e. The molecule has 66 valence electrons. The van der Waals surface area contributed by atoms with Crippen molar-refractivity contribution in [2.75, 3.05) is 0 Å². The van der Waals surface area contributed by atoms with Crippen LogP contribution in [0.25, 0.3) is 0 Å². The third-order valence-electron chi connectivity index (χ3n) is 1.29. The van der Waals surface area contributed by atoms with Crippen molar-refractivity contribution in [3.63, 3.8) is 0 Å². The van der Waals surface area contributed by atoms with E-state index < -0.39 is 0 Å². The Bertz CT molecular complexity index is 274. The third-order valence-corrected chi connectivity index (χ3v) is 3.18. The standard InChI is InChI=1S/C7H6BrClO2S/c8-2-5-1-7(9)12-6(5)3-11-4-10/h1,4H,2-3H2. The monoisotopic (exact) mass is 268 g/mol. The average Bonchev–Trinajstić information content (AvgIpc) is 2.42. The molecular formula is C7H6BrClO2S. The van der Waals surface area contributed by atoms with Crippen LogP contribution >= 0.6 is 38.9 Å². The Balaban J connectivity index is 2.74. The number of thiophene rings is 1. The number of halogens is 2. The van der Waals surface area contributed by atoms with Crippen molar-refractivity contribution in [1.82, 2.24) is 0 Å². The summed E-state index contributed by atoms with van der Waals surface area (Å²) in [6.07, 6.45) is 0. The van der Waals surface area contributed by atoms with Crippen molar-refractivity contribution in [2.24, 2.45) is 0 Å². The Hall–Kier alpha value is -0.0600. The fourth-order valence-corrected chi connectivity index (χ4v) is 2.70. The number of hydrogen-bond acceptors (Lipinski definition) is 3. The first kappa shape index (κ1) is 10.0. The summed E-state index contributed by atoms with van der Waals surface area (Å²) in [5.74, 6) is 0. The fraction of sp³-hybridized carbons (Fsp3) is 0.286. The molecule has 0 saturated carbocycles. The van der Waals surface area contributed by atoms with Gasteiger partial charge in [-0.3, -0.25) is 4.79 Å². The molecule has 0 aliphatic rings. The molecule has 0 aliphatic carbocycles. The molecule has 0 saturated heterocycles. The molecule has 2 nitrogen and oxygen atoms in total. The molecular weight excluding hydrogens is 263 g/mol. The van der Waals surface area contributed by atoms with Crippen LogP contribution in [-0.4, -0.2) is 6.47 Å². The molecule has 0 atom stereocenters. The molecule has 1 rings (SSSR count). The molecule has 12 heavy (non-hydrogen) atoms. The molecule has 0 aromatic carbocycles. The van der Waals surface area contributed by atoms with Gasteiger partial charge in [-0.2, -0.15) is 0 Å². The van der Waals surface area contributed by atoms with Gasteiger partial charge in [-0.15, -0.1) is 11.3 Å². The van der Waals surface area contributed by atoms with E-state index in [4.69, 9.17) is 11.6 Å². The molecule has 5 heteroatoms. The van der Waals surface area contributed by atoms with Crippen molar-refractivity contribution in [1.29, 1.82) is 0 Å². The summed E-state index contributed by atoms with van der Waals surface area (Å²) in [7, 11) is 0. The average molecular weight is 270 g/mol. The molecule has 0 N–H and O–H groups in total. The Morgan fingerprint density at radius 2 is 2.50 bits per heavy atom. The van der Waals surface area contributed by atoms with Gasteiger partial charge in [0.15, 0.2) is 0 Å². The minimum absolute atomic E-state index is 0.307. The SMILES string of the molecule is O=COCc1sc(Cl)cc1CBr. The van der Waals surface area contributed by atoms with Crippen molar-refractivity contribution in [3.8, 4) is 0 Å². The Morgan fingerprint density at radius 3 is 3.08 bits per heavy atom. The zero-order valence-corrected chi connectivity index (χ0v) is 9.21. The van der Waals surface area contributed by atoms with Crippen LogP contribution in [0.5, 0.6) is 0 Å². The predicted molar refractivity (Wildman–Crippen MR) is 52.8 cm³/mol. The normalized spacial score (nSPS) is 9.83. The Morgan fingerprint density at radius 1 is 1.75 bits per heavy atom. The number of rotatable bonds is 4. The fourth-order valence-electron chi connectivity index (χ4n) is 0.775. The summed E-state index contributed by atoms with van der Waals surface area (Å²) in [6.45, 7) is 0.744. The van der Waals surface area contributed by atoms with Crippen LogP contribution in [0, 0.1) is 0 Å². The second kappa shape index (κ2) is 4.84. The van der Waals surface area contributed by atoms with Crippen LogP contribution in [-0.2, 0) is 21.5 Å². The highest BCUT2D eigenvalue weighted by Crippen LogP contribution is 2.28. The van der Waals surface area contributed by atoms with E-state index in [1.165, 1.54) is 11.3 Å². The van der Waals surface area contributed by atoms with Crippen LogP contribution in [0.15, 0.2) is 6.07 Å². The maximum Gasteiger partial charge on any atom is 0.293 e. The van der Waals surface area contributed by atoms with Crippen molar-refractivity contribution in [3.05, 3.63) is 20.8 Å². The van der Waals surface area contributed by atoms with E-state index in [0.717, 1.165) is 15.8 Å². The van der Waals surface area contributed by atoms with Crippen LogP contribution in [0.2, 0.25) is 4.34 Å². The number of alkyl halides is 1. The van der Waals surface area contributed by atoms with E-state index in [0.29, 0.717) is 17.4 Å². The van der Waals surface area contributed by atoms with Gasteiger partial charge in [0.2, 0.25) is 0 Å². The molecule has 0 unspecified atom stereocenters. The van der Waals surface area contributed by atoms with Crippen LogP contribution in [0.3, 0.4) is 0 Å². The third kappa shape index (κ3) is 2.47. The molecule has 1 aromatic heterocycles. The highest BCUT2D eigenvalue weighted by molar-refractivity contribution is 9.08. The predicted octanol–water partition coefficient (Wildman–Crippen LogP) is 2.97. The van der Waals surface area contributed by atoms with Crippen LogP contribution in [0.1, 0.15) is 10.4 Å². The van der Waals surface area contributed by atoms with E-state index in [1.807, 2.05) is 6.07 Å². The van der Waals surface area contributed by atoms with Crippen LogP contribution < -0.4 is 0 Å². The van der Waals surface area contributed by atoms with E-state index in [9.17, 15) is 4.79 Å². The van der Waals surface area contributed by atoms with Gasteiger partial charge in [-0.05, 0) is 11.6 Å². The van der Waals surface area contributed by atoms with Crippen LogP contribution in [0.4, 0.5) is 0 Å². The van der Waals surface area contributed by atoms with Gasteiger partial charge < -0.3 is 4.74 Å². The molecule has 0 fully saturated rings. The summed E-state index contributed by atoms with van der Waals surface area (Å²) in [6, 6.07) is 1.87. The molecule has 1 heterocycles. The van der Waals surface area contributed by atoms with E-state index >= 15 is 0 Å². The van der Waals surface area contributed by atoms with Crippen molar-refractivity contribution < 1.29 is 9.53 Å². The highest BCUT2D eigenvalue weighted by atomic mass is 79.9. The summed E-state index contributed by atoms with van der Waals surface area (Å²) in [5, 5.41) is 0.730. The second-order valence-electron chi connectivity index (χ2n) is 2.04.